The smallest absolute Gasteiger partial charge is 0.410 e. The molecule has 4 aromatic rings. The SMILES string of the molecule is COCOc1cc(-c2ncc3c(N4CC5CCC(C4)N5C(=O)OC(C)(C)C)nc(OCCC45CCC(CC=O)(CC4)CC5)nc3c2F)c2c(C#C[Si](C(C)C)(C(C)C)C(C)C)c(F)ccc2c1. The van der Waals surface area contributed by atoms with Crippen LogP contribution in [0.3, 0.4) is 0 Å². The summed E-state index contributed by atoms with van der Waals surface area (Å²) in [4.78, 5) is 43.5. The highest BCUT2D eigenvalue weighted by Gasteiger charge is 2.49. The first-order chi connectivity index (χ1) is 31.8. The second-order valence-electron chi connectivity index (χ2n) is 21.8. The number of anilines is 1. The van der Waals surface area contributed by atoms with Crippen molar-refractivity contribution in [1.29, 1.82) is 0 Å². The number of hydrogen-bond acceptors (Lipinski definition) is 10. The van der Waals surface area contributed by atoms with Crippen LogP contribution in [-0.4, -0.2) is 91.6 Å². The normalized spacial score (nSPS) is 22.8. The Labute approximate surface area is 396 Å². The lowest BCUT2D eigenvalue weighted by Gasteiger charge is -2.53. The molecular formula is C53H69F2N5O6Si. The van der Waals surface area contributed by atoms with Crippen LogP contribution in [-0.2, 0) is 14.3 Å². The third kappa shape index (κ3) is 9.36. The van der Waals surface area contributed by atoms with Crippen molar-refractivity contribution in [2.75, 3.05) is 38.5 Å². The molecule has 4 bridgehead atoms. The van der Waals surface area contributed by atoms with E-state index in [4.69, 9.17) is 33.9 Å². The van der Waals surface area contributed by atoms with Gasteiger partial charge in [0.2, 0.25) is 0 Å². The number of fused-ring (bicyclic) bond motifs is 7. The lowest BCUT2D eigenvalue weighted by atomic mass is 9.52. The summed E-state index contributed by atoms with van der Waals surface area (Å²) >= 11 is 0. The van der Waals surface area contributed by atoms with Gasteiger partial charge in [-0.15, -0.1) is 5.54 Å². The van der Waals surface area contributed by atoms with Crippen molar-refractivity contribution in [2.24, 2.45) is 10.8 Å². The zero-order chi connectivity index (χ0) is 48.1. The quantitative estimate of drug-likeness (QED) is 0.0524. The third-order valence-corrected chi connectivity index (χ3v) is 22.2. The number of aldehydes is 1. The second kappa shape index (κ2) is 18.9. The first-order valence-corrected chi connectivity index (χ1v) is 26.7. The van der Waals surface area contributed by atoms with Gasteiger partial charge in [-0.1, -0.05) is 53.5 Å². The van der Waals surface area contributed by atoms with Gasteiger partial charge in [0.05, 0.1) is 29.6 Å². The average molecular weight is 938 g/mol. The van der Waals surface area contributed by atoms with E-state index in [1.807, 2.05) is 25.7 Å². The first kappa shape index (κ1) is 48.6. The molecule has 5 aliphatic rings. The molecular weight excluding hydrogens is 869 g/mol. The Morgan fingerprint density at radius 3 is 2.16 bits per heavy atom. The van der Waals surface area contributed by atoms with Crippen LogP contribution in [0, 0.1) is 33.9 Å². The molecule has 0 spiro atoms. The number of nitrogens with zero attached hydrogens (tertiary/aromatic N) is 5. The number of ether oxygens (including phenoxy) is 4. The molecule has 0 radical (unpaired) electrons. The number of carbonyl (C=O) groups excluding carboxylic acids is 2. The van der Waals surface area contributed by atoms with Crippen molar-refractivity contribution in [3.63, 3.8) is 0 Å². The number of rotatable bonds is 14. The van der Waals surface area contributed by atoms with Gasteiger partial charge < -0.3 is 28.6 Å². The Kier molecular flexibility index (Phi) is 13.7. The molecule has 67 heavy (non-hydrogen) atoms. The second-order valence-corrected chi connectivity index (χ2v) is 27.4. The van der Waals surface area contributed by atoms with Gasteiger partial charge in [-0.3, -0.25) is 9.88 Å². The van der Waals surface area contributed by atoms with Crippen LogP contribution in [0.25, 0.3) is 32.9 Å². The molecule has 360 valence electrons. The van der Waals surface area contributed by atoms with E-state index in [0.717, 1.165) is 64.1 Å². The molecule has 4 heterocycles. The topological polar surface area (TPSA) is 116 Å². The summed E-state index contributed by atoms with van der Waals surface area (Å²) < 4.78 is 57.8. The lowest BCUT2D eigenvalue weighted by Crippen LogP contribution is -2.57. The minimum Gasteiger partial charge on any atom is -0.468 e. The number of carbonyl (C=O) groups is 2. The van der Waals surface area contributed by atoms with Gasteiger partial charge in [-0.2, -0.15) is 9.97 Å². The van der Waals surface area contributed by atoms with Crippen LogP contribution < -0.4 is 14.4 Å². The van der Waals surface area contributed by atoms with Gasteiger partial charge in [0.15, 0.2) is 12.6 Å². The van der Waals surface area contributed by atoms with E-state index in [-0.39, 0.29) is 58.6 Å². The van der Waals surface area contributed by atoms with Crippen molar-refractivity contribution in [3.8, 4) is 34.5 Å². The molecule has 2 aromatic heterocycles. The Bertz CT molecular complexity index is 2530. The van der Waals surface area contributed by atoms with Crippen LogP contribution in [0.5, 0.6) is 11.8 Å². The highest BCUT2D eigenvalue weighted by atomic mass is 28.3. The number of methoxy groups -OCH3 is 1. The molecule has 2 aromatic carbocycles. The highest BCUT2D eigenvalue weighted by Crippen LogP contribution is 2.59. The monoisotopic (exact) mass is 937 g/mol. The first-order valence-electron chi connectivity index (χ1n) is 24.4. The fourth-order valence-corrected chi connectivity index (χ4v) is 17.5. The average Bonchev–Trinajstić information content (AvgIpc) is 3.55. The molecule has 0 N–H and O–H groups in total. The summed E-state index contributed by atoms with van der Waals surface area (Å²) in [5, 5.41) is 1.44. The van der Waals surface area contributed by atoms with Crippen molar-refractivity contribution >= 4 is 47.9 Å². The van der Waals surface area contributed by atoms with Crippen molar-refractivity contribution in [2.45, 2.75) is 161 Å². The van der Waals surface area contributed by atoms with E-state index in [1.54, 1.807) is 24.4 Å². The van der Waals surface area contributed by atoms with Gasteiger partial charge in [-0.25, -0.2) is 13.6 Å². The molecule has 3 aliphatic carbocycles. The minimum absolute atomic E-state index is 0.0188. The highest BCUT2D eigenvalue weighted by molar-refractivity contribution is 6.90. The number of piperazine rings is 1. The largest absolute Gasteiger partial charge is 0.468 e. The fraction of sp³-hybridized carbons (Fsp3) is 0.604. The van der Waals surface area contributed by atoms with E-state index in [0.29, 0.717) is 76.0 Å². The molecule has 1 amide bonds. The van der Waals surface area contributed by atoms with Crippen molar-refractivity contribution < 1.29 is 37.3 Å². The number of pyridine rings is 1. The van der Waals surface area contributed by atoms with E-state index >= 15 is 8.78 Å². The van der Waals surface area contributed by atoms with E-state index in [9.17, 15) is 9.59 Å². The molecule has 2 aliphatic heterocycles. The summed E-state index contributed by atoms with van der Waals surface area (Å²) in [7, 11) is -0.797. The Hall–Kier alpha value is -4.87. The predicted molar refractivity (Wildman–Crippen MR) is 261 cm³/mol. The maximum atomic E-state index is 17.9. The number of amides is 1. The van der Waals surface area contributed by atoms with E-state index in [2.05, 4.69) is 57.9 Å². The Morgan fingerprint density at radius 1 is 0.925 bits per heavy atom. The molecule has 5 fully saturated rings. The van der Waals surface area contributed by atoms with Gasteiger partial charge in [0.25, 0.3) is 0 Å². The van der Waals surface area contributed by atoms with Gasteiger partial charge in [0, 0.05) is 43.8 Å². The van der Waals surface area contributed by atoms with Crippen LogP contribution in [0.4, 0.5) is 19.4 Å². The lowest BCUT2D eigenvalue weighted by molar-refractivity contribution is -0.113. The maximum absolute atomic E-state index is 17.9. The number of halogens is 2. The third-order valence-electron chi connectivity index (χ3n) is 15.9. The molecule has 14 heteroatoms. The standard InChI is InChI=1S/C53H69F2N5O6Si/c1-33(2)67(34(3)4,35(5)6)26-15-40-43(54)14-11-36-27-39(65-32-63-10)28-41(44(36)40)46-45(55)47-42(29-56-46)48(59-30-37-12-13-38(31-59)60(37)50(62)66-51(7,8)9)58-49(57-47)64-25-23-53-19-16-52(17-20-53,18-21-53)22-24-61/h11,14,24,27-29,33-35,37-38H,12-13,16-23,25,30-32H2,1-10H3. The van der Waals surface area contributed by atoms with E-state index in [1.165, 1.54) is 13.2 Å². The van der Waals surface area contributed by atoms with Gasteiger partial charge in [0.1, 0.15) is 48.6 Å². The molecule has 2 atom stereocenters. The molecule has 2 saturated heterocycles. The van der Waals surface area contributed by atoms with Crippen molar-refractivity contribution in [3.05, 3.63) is 47.7 Å². The predicted octanol–water partition coefficient (Wildman–Crippen LogP) is 12.0. The van der Waals surface area contributed by atoms with E-state index < -0.39 is 25.3 Å². The molecule has 3 saturated carbocycles. The fourth-order valence-electron chi connectivity index (χ4n) is 12.3. The Morgan fingerprint density at radius 2 is 1.57 bits per heavy atom. The summed E-state index contributed by atoms with van der Waals surface area (Å²) in [6.45, 7) is 20.1. The molecule has 2 unspecified atom stereocenters. The Balaban J connectivity index is 1.24. The minimum atomic E-state index is -2.32. The number of benzene rings is 2. The van der Waals surface area contributed by atoms with Crippen molar-refractivity contribution in [1.82, 2.24) is 19.9 Å². The van der Waals surface area contributed by atoms with Gasteiger partial charge in [-0.05, 0) is 130 Å². The molecule has 11 nitrogen and oxygen atoms in total. The summed E-state index contributed by atoms with van der Waals surface area (Å²) in [5.41, 5.74) is 4.72. The maximum Gasteiger partial charge on any atom is 0.410 e. The summed E-state index contributed by atoms with van der Waals surface area (Å²) in [6.07, 6.45) is 11.6. The van der Waals surface area contributed by atoms with Crippen LogP contribution in [0.1, 0.15) is 132 Å². The molecule has 9 rings (SSSR count). The zero-order valence-corrected chi connectivity index (χ0v) is 42.2. The summed E-state index contributed by atoms with van der Waals surface area (Å²) in [6, 6.07) is 6.31. The number of hydrogen-bond donors (Lipinski definition) is 0. The van der Waals surface area contributed by atoms with Crippen LogP contribution in [0.15, 0.2) is 30.5 Å². The summed E-state index contributed by atoms with van der Waals surface area (Å²) in [5.74, 6) is 3.01. The van der Waals surface area contributed by atoms with Crippen LogP contribution in [0.2, 0.25) is 16.6 Å². The van der Waals surface area contributed by atoms with Crippen LogP contribution >= 0.6 is 0 Å². The zero-order valence-electron chi connectivity index (χ0n) is 41.2. The van der Waals surface area contributed by atoms with Gasteiger partial charge >= 0.3 is 12.1 Å². The number of aromatic nitrogens is 3.